The quantitative estimate of drug-likeness (QED) is 0.922. The zero-order valence-electron chi connectivity index (χ0n) is 12.8. The molecule has 4 nitrogen and oxygen atoms in total. The van der Waals surface area contributed by atoms with Crippen LogP contribution in [0.5, 0.6) is 0 Å². The van der Waals surface area contributed by atoms with Crippen molar-refractivity contribution in [3.63, 3.8) is 0 Å². The van der Waals surface area contributed by atoms with Crippen LogP contribution < -0.4 is 5.32 Å². The van der Waals surface area contributed by atoms with Gasteiger partial charge in [-0.1, -0.05) is 32.1 Å². The Bertz CT molecular complexity index is 550. The number of aryl methyl sites for hydroxylation is 1. The normalized spacial score (nSPS) is 17.2. The van der Waals surface area contributed by atoms with Crippen molar-refractivity contribution in [3.05, 3.63) is 36.5 Å². The maximum Gasteiger partial charge on any atom is 0.138 e. The minimum absolute atomic E-state index is 0.605. The minimum atomic E-state index is 0.605. The summed E-state index contributed by atoms with van der Waals surface area (Å²) < 4.78 is 2.00. The summed E-state index contributed by atoms with van der Waals surface area (Å²) >= 11 is 0. The Morgan fingerprint density at radius 2 is 1.81 bits per heavy atom. The first-order chi connectivity index (χ1) is 10.3. The van der Waals surface area contributed by atoms with E-state index in [1.165, 1.54) is 44.9 Å². The largest absolute Gasteiger partial charge is 0.381 e. The first kappa shape index (κ1) is 14.1. The van der Waals surface area contributed by atoms with Gasteiger partial charge in [0.1, 0.15) is 11.6 Å². The van der Waals surface area contributed by atoms with E-state index in [1.807, 2.05) is 23.9 Å². The molecule has 0 aromatic carbocycles. The molecule has 1 aliphatic carbocycles. The molecule has 4 heteroatoms. The van der Waals surface area contributed by atoms with Gasteiger partial charge in [0.2, 0.25) is 0 Å². The van der Waals surface area contributed by atoms with E-state index in [9.17, 15) is 0 Å². The second-order valence-electron chi connectivity index (χ2n) is 5.94. The zero-order valence-corrected chi connectivity index (χ0v) is 12.8. The SMILES string of the molecule is Cc1nccn1-c1ccc(NC2CCCCCCC2)cn1. The average Bonchev–Trinajstić information content (AvgIpc) is 2.89. The summed E-state index contributed by atoms with van der Waals surface area (Å²) in [5.41, 5.74) is 1.13. The van der Waals surface area contributed by atoms with Crippen LogP contribution in [-0.4, -0.2) is 20.6 Å². The lowest BCUT2D eigenvalue weighted by Crippen LogP contribution is -2.20. The third kappa shape index (κ3) is 3.63. The van der Waals surface area contributed by atoms with Crippen molar-refractivity contribution in [1.82, 2.24) is 14.5 Å². The molecule has 2 aromatic rings. The van der Waals surface area contributed by atoms with Gasteiger partial charge in [0.05, 0.1) is 11.9 Å². The van der Waals surface area contributed by atoms with E-state index in [-0.39, 0.29) is 0 Å². The summed E-state index contributed by atoms with van der Waals surface area (Å²) in [5.74, 6) is 1.89. The molecule has 2 heterocycles. The van der Waals surface area contributed by atoms with Crippen LogP contribution in [0.3, 0.4) is 0 Å². The van der Waals surface area contributed by atoms with Crippen LogP contribution in [0.1, 0.15) is 50.8 Å². The van der Waals surface area contributed by atoms with E-state index in [0.29, 0.717) is 6.04 Å². The monoisotopic (exact) mass is 284 g/mol. The Balaban J connectivity index is 1.65. The number of nitrogens with zero attached hydrogens (tertiary/aromatic N) is 3. The first-order valence-electron chi connectivity index (χ1n) is 8.06. The predicted molar refractivity (Wildman–Crippen MR) is 85.8 cm³/mol. The topological polar surface area (TPSA) is 42.7 Å². The highest BCUT2D eigenvalue weighted by atomic mass is 15.1. The molecule has 0 bridgehead atoms. The van der Waals surface area contributed by atoms with Crippen LogP contribution in [-0.2, 0) is 0 Å². The second-order valence-corrected chi connectivity index (χ2v) is 5.94. The predicted octanol–water partition coefficient (Wildman–Crippen LogP) is 4.10. The molecular formula is C17H24N4. The first-order valence-corrected chi connectivity index (χ1v) is 8.06. The van der Waals surface area contributed by atoms with Gasteiger partial charge in [0.25, 0.3) is 0 Å². The van der Waals surface area contributed by atoms with Crippen molar-refractivity contribution in [2.75, 3.05) is 5.32 Å². The Labute approximate surface area is 126 Å². The number of hydrogen-bond donors (Lipinski definition) is 1. The summed E-state index contributed by atoms with van der Waals surface area (Å²) in [4.78, 5) is 8.79. The van der Waals surface area contributed by atoms with Gasteiger partial charge in [0.15, 0.2) is 0 Å². The van der Waals surface area contributed by atoms with Gasteiger partial charge in [-0.05, 0) is 31.9 Å². The number of pyridine rings is 1. The molecule has 1 N–H and O–H groups in total. The molecule has 0 radical (unpaired) electrons. The molecule has 0 amide bonds. The van der Waals surface area contributed by atoms with E-state index in [0.717, 1.165) is 17.3 Å². The number of aromatic nitrogens is 3. The van der Waals surface area contributed by atoms with Crippen LogP contribution in [0.25, 0.3) is 5.82 Å². The third-order valence-electron chi connectivity index (χ3n) is 4.30. The van der Waals surface area contributed by atoms with Gasteiger partial charge in [-0.3, -0.25) is 4.57 Å². The highest BCUT2D eigenvalue weighted by Crippen LogP contribution is 2.21. The van der Waals surface area contributed by atoms with E-state index in [2.05, 4.69) is 27.4 Å². The molecular weight excluding hydrogens is 260 g/mol. The summed E-state index contributed by atoms with van der Waals surface area (Å²) in [7, 11) is 0. The Morgan fingerprint density at radius 3 is 2.43 bits per heavy atom. The average molecular weight is 284 g/mol. The van der Waals surface area contributed by atoms with E-state index >= 15 is 0 Å². The molecule has 0 unspecified atom stereocenters. The molecule has 0 spiro atoms. The molecule has 112 valence electrons. The highest BCUT2D eigenvalue weighted by Gasteiger charge is 2.11. The number of rotatable bonds is 3. The summed E-state index contributed by atoms with van der Waals surface area (Å²) in [6, 6.07) is 4.79. The second kappa shape index (κ2) is 6.74. The summed E-state index contributed by atoms with van der Waals surface area (Å²) in [5, 5.41) is 3.65. The molecule has 3 rings (SSSR count). The maximum atomic E-state index is 4.55. The standard InChI is InChI=1S/C17H24N4/c1-14-18-11-12-21(14)17-10-9-16(13-19-17)20-15-7-5-3-2-4-6-8-15/h9-13,15,20H,2-8H2,1H3. The van der Waals surface area contributed by atoms with Gasteiger partial charge in [-0.15, -0.1) is 0 Å². The van der Waals surface area contributed by atoms with Crippen molar-refractivity contribution in [3.8, 4) is 5.82 Å². The molecule has 0 saturated heterocycles. The fourth-order valence-electron chi connectivity index (χ4n) is 3.07. The fraction of sp³-hybridized carbons (Fsp3) is 0.529. The molecule has 1 fully saturated rings. The van der Waals surface area contributed by atoms with Crippen LogP contribution >= 0.6 is 0 Å². The van der Waals surface area contributed by atoms with Crippen molar-refractivity contribution in [1.29, 1.82) is 0 Å². The molecule has 1 saturated carbocycles. The lowest BCUT2D eigenvalue weighted by Gasteiger charge is -2.22. The van der Waals surface area contributed by atoms with E-state index in [1.54, 1.807) is 6.20 Å². The molecule has 21 heavy (non-hydrogen) atoms. The maximum absolute atomic E-state index is 4.55. The van der Waals surface area contributed by atoms with Crippen LogP contribution in [0.15, 0.2) is 30.7 Å². The molecule has 2 aromatic heterocycles. The van der Waals surface area contributed by atoms with Gasteiger partial charge in [-0.2, -0.15) is 0 Å². The summed E-state index contributed by atoms with van der Waals surface area (Å²) in [6.45, 7) is 1.99. The van der Waals surface area contributed by atoms with E-state index in [4.69, 9.17) is 0 Å². The van der Waals surface area contributed by atoms with Gasteiger partial charge < -0.3 is 5.32 Å². The number of nitrogens with one attached hydrogen (secondary N) is 1. The molecule has 0 atom stereocenters. The van der Waals surface area contributed by atoms with Gasteiger partial charge >= 0.3 is 0 Å². The number of anilines is 1. The van der Waals surface area contributed by atoms with Crippen molar-refractivity contribution in [2.45, 2.75) is 57.9 Å². The van der Waals surface area contributed by atoms with Crippen molar-refractivity contribution >= 4 is 5.69 Å². The van der Waals surface area contributed by atoms with Crippen LogP contribution in [0.2, 0.25) is 0 Å². The van der Waals surface area contributed by atoms with E-state index < -0.39 is 0 Å². The minimum Gasteiger partial charge on any atom is -0.381 e. The lowest BCUT2D eigenvalue weighted by atomic mass is 9.96. The van der Waals surface area contributed by atoms with Crippen molar-refractivity contribution < 1.29 is 0 Å². The number of imidazole rings is 1. The third-order valence-corrected chi connectivity index (χ3v) is 4.30. The Morgan fingerprint density at radius 1 is 1.05 bits per heavy atom. The van der Waals surface area contributed by atoms with Crippen molar-refractivity contribution in [2.24, 2.45) is 0 Å². The van der Waals surface area contributed by atoms with Gasteiger partial charge in [-0.25, -0.2) is 9.97 Å². The lowest BCUT2D eigenvalue weighted by molar-refractivity contribution is 0.471. The smallest absolute Gasteiger partial charge is 0.138 e. The Kier molecular flexibility index (Phi) is 4.53. The molecule has 1 aliphatic rings. The van der Waals surface area contributed by atoms with Gasteiger partial charge in [0, 0.05) is 18.4 Å². The summed E-state index contributed by atoms with van der Waals surface area (Å²) in [6.07, 6.45) is 15.1. The highest BCUT2D eigenvalue weighted by molar-refractivity contribution is 5.44. The number of hydrogen-bond acceptors (Lipinski definition) is 3. The van der Waals surface area contributed by atoms with Crippen LogP contribution in [0.4, 0.5) is 5.69 Å². The molecule has 0 aliphatic heterocycles. The Hall–Kier alpha value is -1.84. The fourth-order valence-corrected chi connectivity index (χ4v) is 3.07. The zero-order chi connectivity index (χ0) is 14.5. The van der Waals surface area contributed by atoms with Crippen LogP contribution in [0, 0.1) is 6.92 Å².